The third-order valence-corrected chi connectivity index (χ3v) is 2.09. The van der Waals surface area contributed by atoms with Gasteiger partial charge in [0.2, 0.25) is 5.91 Å². The monoisotopic (exact) mass is 193 g/mol. The van der Waals surface area contributed by atoms with Crippen molar-refractivity contribution in [2.75, 3.05) is 0 Å². The summed E-state index contributed by atoms with van der Waals surface area (Å²) in [7, 11) is 0. The number of hydrogen-bond acceptors (Lipinski definition) is 2. The Hall–Kier alpha value is -1.51. The molecule has 3 N–H and O–H groups in total. The molecule has 0 spiro atoms. The molecule has 0 aliphatic rings. The lowest BCUT2D eigenvalue weighted by atomic mass is 9.86. The van der Waals surface area contributed by atoms with Gasteiger partial charge in [0.15, 0.2) is 0 Å². The Balaban J connectivity index is 3.21. The average molecular weight is 193 g/mol. The highest BCUT2D eigenvalue weighted by molar-refractivity contribution is 5.93. The molecule has 0 saturated carbocycles. The molecule has 3 heteroatoms. The summed E-state index contributed by atoms with van der Waals surface area (Å²) in [6, 6.07) is 4.76. The highest BCUT2D eigenvalue weighted by atomic mass is 16.3. The van der Waals surface area contributed by atoms with Gasteiger partial charge < -0.3 is 10.8 Å². The molecule has 0 atom stereocenters. The highest BCUT2D eigenvalue weighted by Crippen LogP contribution is 2.30. The number of hydrogen-bond donors (Lipinski definition) is 2. The van der Waals surface area contributed by atoms with Crippen molar-refractivity contribution >= 4 is 5.91 Å². The summed E-state index contributed by atoms with van der Waals surface area (Å²) < 4.78 is 0. The minimum Gasteiger partial charge on any atom is -0.508 e. The Bertz CT molecular complexity index is 364. The van der Waals surface area contributed by atoms with E-state index in [2.05, 4.69) is 0 Å². The molecule has 1 aromatic carbocycles. The zero-order valence-corrected chi connectivity index (χ0v) is 8.66. The van der Waals surface area contributed by atoms with Crippen LogP contribution >= 0.6 is 0 Å². The summed E-state index contributed by atoms with van der Waals surface area (Å²) in [6.45, 7) is 5.98. The van der Waals surface area contributed by atoms with Crippen molar-refractivity contribution in [2.45, 2.75) is 26.2 Å². The molecular weight excluding hydrogens is 178 g/mol. The molecule has 0 radical (unpaired) electrons. The van der Waals surface area contributed by atoms with Crippen LogP contribution in [0.4, 0.5) is 0 Å². The zero-order chi connectivity index (χ0) is 10.9. The van der Waals surface area contributed by atoms with Gasteiger partial charge in [0.1, 0.15) is 5.75 Å². The minimum atomic E-state index is -0.527. The Kier molecular flexibility index (Phi) is 2.51. The van der Waals surface area contributed by atoms with E-state index in [9.17, 15) is 9.90 Å². The maximum absolute atomic E-state index is 10.8. The summed E-state index contributed by atoms with van der Waals surface area (Å²) in [5, 5.41) is 9.67. The van der Waals surface area contributed by atoms with E-state index in [-0.39, 0.29) is 11.2 Å². The summed E-state index contributed by atoms with van der Waals surface area (Å²) in [6.07, 6.45) is 0. The Morgan fingerprint density at radius 2 is 1.93 bits per heavy atom. The topological polar surface area (TPSA) is 63.3 Å². The lowest BCUT2D eigenvalue weighted by molar-refractivity contribution is 0.1000. The fourth-order valence-electron chi connectivity index (χ4n) is 1.32. The van der Waals surface area contributed by atoms with Crippen molar-refractivity contribution in [1.82, 2.24) is 0 Å². The van der Waals surface area contributed by atoms with E-state index in [0.717, 1.165) is 5.56 Å². The van der Waals surface area contributed by atoms with Crippen LogP contribution in [0.3, 0.4) is 0 Å². The van der Waals surface area contributed by atoms with Crippen molar-refractivity contribution in [3.63, 3.8) is 0 Å². The van der Waals surface area contributed by atoms with Gasteiger partial charge in [-0.15, -0.1) is 0 Å². The molecule has 0 unspecified atom stereocenters. The van der Waals surface area contributed by atoms with Crippen LogP contribution in [0.25, 0.3) is 0 Å². The Labute approximate surface area is 83.6 Å². The van der Waals surface area contributed by atoms with Crippen molar-refractivity contribution < 1.29 is 9.90 Å². The first-order chi connectivity index (χ1) is 6.32. The van der Waals surface area contributed by atoms with Gasteiger partial charge in [-0.2, -0.15) is 0 Å². The van der Waals surface area contributed by atoms with E-state index >= 15 is 0 Å². The fraction of sp³-hybridized carbons (Fsp3) is 0.364. The maximum Gasteiger partial charge on any atom is 0.248 e. The second kappa shape index (κ2) is 3.33. The minimum absolute atomic E-state index is 0.119. The lowest BCUT2D eigenvalue weighted by Gasteiger charge is -2.20. The van der Waals surface area contributed by atoms with Crippen LogP contribution in [0.2, 0.25) is 0 Å². The van der Waals surface area contributed by atoms with E-state index in [1.165, 1.54) is 6.07 Å². The van der Waals surface area contributed by atoms with Crippen LogP contribution in [-0.2, 0) is 5.41 Å². The number of phenols is 1. The molecule has 76 valence electrons. The molecule has 0 fully saturated rings. The summed E-state index contributed by atoms with van der Waals surface area (Å²) in [5.74, 6) is -0.408. The first-order valence-electron chi connectivity index (χ1n) is 4.45. The summed E-state index contributed by atoms with van der Waals surface area (Å²) in [4.78, 5) is 10.8. The molecule has 1 rings (SSSR count). The van der Waals surface area contributed by atoms with Crippen molar-refractivity contribution in [3.05, 3.63) is 29.3 Å². The number of carbonyl (C=O) groups is 1. The van der Waals surface area contributed by atoms with Gasteiger partial charge in [-0.1, -0.05) is 26.8 Å². The number of aromatic hydroxyl groups is 1. The van der Waals surface area contributed by atoms with E-state index in [1.54, 1.807) is 12.1 Å². The molecule has 0 aromatic heterocycles. The largest absolute Gasteiger partial charge is 0.508 e. The molecule has 1 aromatic rings. The number of nitrogens with two attached hydrogens (primary N) is 1. The first-order valence-corrected chi connectivity index (χ1v) is 4.45. The Morgan fingerprint density at radius 3 is 2.29 bits per heavy atom. The van der Waals surface area contributed by atoms with Gasteiger partial charge in [0.25, 0.3) is 0 Å². The molecular formula is C11H15NO2. The maximum atomic E-state index is 10.8. The van der Waals surface area contributed by atoms with Crippen LogP contribution < -0.4 is 5.73 Å². The standard InChI is InChI=1S/C11H15NO2/c1-11(2,3)8-5-4-7(10(12)14)6-9(8)13/h4-6,13H,1-3H3,(H2,12,14). The van der Waals surface area contributed by atoms with Crippen molar-refractivity contribution in [3.8, 4) is 5.75 Å². The van der Waals surface area contributed by atoms with Gasteiger partial charge in [-0.05, 0) is 23.1 Å². The predicted molar refractivity (Wildman–Crippen MR) is 55.3 cm³/mol. The average Bonchev–Trinajstić information content (AvgIpc) is 2.01. The molecule has 0 heterocycles. The van der Waals surface area contributed by atoms with Crippen LogP contribution in [0.5, 0.6) is 5.75 Å². The molecule has 0 saturated heterocycles. The van der Waals surface area contributed by atoms with Gasteiger partial charge in [0, 0.05) is 5.56 Å². The Morgan fingerprint density at radius 1 is 1.36 bits per heavy atom. The van der Waals surface area contributed by atoms with Crippen LogP contribution in [0.15, 0.2) is 18.2 Å². The van der Waals surface area contributed by atoms with Crippen LogP contribution in [0.1, 0.15) is 36.7 Å². The van der Waals surface area contributed by atoms with Crippen LogP contribution in [0, 0.1) is 0 Å². The quantitative estimate of drug-likeness (QED) is 0.714. The molecule has 14 heavy (non-hydrogen) atoms. The molecule has 0 aliphatic carbocycles. The second-order valence-electron chi connectivity index (χ2n) is 4.35. The van der Waals surface area contributed by atoms with Crippen molar-refractivity contribution in [1.29, 1.82) is 0 Å². The van der Waals surface area contributed by atoms with Gasteiger partial charge in [0.05, 0.1) is 0 Å². The van der Waals surface area contributed by atoms with Gasteiger partial charge in [-0.3, -0.25) is 4.79 Å². The second-order valence-corrected chi connectivity index (χ2v) is 4.35. The SMILES string of the molecule is CC(C)(C)c1ccc(C(N)=O)cc1O. The number of phenolic OH excluding ortho intramolecular Hbond substituents is 1. The van der Waals surface area contributed by atoms with E-state index in [0.29, 0.717) is 5.56 Å². The fourth-order valence-corrected chi connectivity index (χ4v) is 1.32. The third-order valence-electron chi connectivity index (χ3n) is 2.09. The van der Waals surface area contributed by atoms with E-state index in [4.69, 9.17) is 5.73 Å². The summed E-state index contributed by atoms with van der Waals surface area (Å²) >= 11 is 0. The molecule has 3 nitrogen and oxygen atoms in total. The van der Waals surface area contributed by atoms with E-state index in [1.807, 2.05) is 20.8 Å². The van der Waals surface area contributed by atoms with E-state index < -0.39 is 5.91 Å². The molecule has 1 amide bonds. The van der Waals surface area contributed by atoms with Gasteiger partial charge >= 0.3 is 0 Å². The summed E-state index contributed by atoms with van der Waals surface area (Å²) in [5.41, 5.74) is 6.09. The van der Waals surface area contributed by atoms with Crippen LogP contribution in [-0.4, -0.2) is 11.0 Å². The predicted octanol–water partition coefficient (Wildman–Crippen LogP) is 1.79. The molecule has 0 bridgehead atoms. The van der Waals surface area contributed by atoms with Crippen molar-refractivity contribution in [2.24, 2.45) is 5.73 Å². The highest BCUT2D eigenvalue weighted by Gasteiger charge is 2.18. The van der Waals surface area contributed by atoms with Gasteiger partial charge in [-0.25, -0.2) is 0 Å². The number of primary amides is 1. The zero-order valence-electron chi connectivity index (χ0n) is 8.66. The molecule has 0 aliphatic heterocycles. The number of benzene rings is 1. The number of amides is 1. The third kappa shape index (κ3) is 2.05. The lowest BCUT2D eigenvalue weighted by Crippen LogP contribution is -2.14. The number of carbonyl (C=O) groups excluding carboxylic acids is 1. The number of rotatable bonds is 1. The smallest absolute Gasteiger partial charge is 0.248 e. The first kappa shape index (κ1) is 10.6. The normalized spacial score (nSPS) is 11.4.